The first-order valence-corrected chi connectivity index (χ1v) is 5.00. The molecule has 2 amide bonds. The number of amides is 2. The average Bonchev–Trinajstić information content (AvgIpc) is 2.59. The molecule has 0 aromatic heterocycles. The second-order valence-corrected chi connectivity index (χ2v) is 3.57. The van der Waals surface area contributed by atoms with E-state index in [2.05, 4.69) is 10.6 Å². The van der Waals surface area contributed by atoms with Gasteiger partial charge in [0.1, 0.15) is 12.3 Å². The molecule has 5 heteroatoms. The molecule has 0 bridgehead atoms. The maximum atomic E-state index is 11.7. The summed E-state index contributed by atoms with van der Waals surface area (Å²) in [5, 5.41) is 5.19. The van der Waals surface area contributed by atoms with Gasteiger partial charge in [-0.25, -0.2) is 4.79 Å². The van der Waals surface area contributed by atoms with E-state index in [1.54, 1.807) is 31.2 Å². The highest BCUT2D eigenvalue weighted by atomic mass is 16.6. The van der Waals surface area contributed by atoms with Gasteiger partial charge in [0.2, 0.25) is 0 Å². The van der Waals surface area contributed by atoms with E-state index in [1.165, 1.54) is 0 Å². The van der Waals surface area contributed by atoms with Gasteiger partial charge in [-0.05, 0) is 19.1 Å². The van der Waals surface area contributed by atoms with Crippen molar-refractivity contribution in [1.29, 1.82) is 0 Å². The predicted octanol–water partition coefficient (Wildman–Crippen LogP) is 0.871. The number of ether oxygens (including phenoxy) is 1. The van der Waals surface area contributed by atoms with Crippen molar-refractivity contribution < 1.29 is 14.3 Å². The van der Waals surface area contributed by atoms with Crippen molar-refractivity contribution in [3.63, 3.8) is 0 Å². The van der Waals surface area contributed by atoms with Crippen LogP contribution in [0, 0.1) is 0 Å². The minimum Gasteiger partial charge on any atom is -0.442 e. The molecule has 84 valence electrons. The average molecular weight is 220 g/mol. The van der Waals surface area contributed by atoms with Crippen LogP contribution in [0.5, 0.6) is 0 Å². The summed E-state index contributed by atoms with van der Waals surface area (Å²) in [6.45, 7) is 1.72. The molecule has 2 unspecified atom stereocenters. The Morgan fingerprint density at radius 2 is 2.06 bits per heavy atom. The van der Waals surface area contributed by atoms with Crippen molar-refractivity contribution in [3.05, 3.63) is 35.9 Å². The van der Waals surface area contributed by atoms with Crippen molar-refractivity contribution in [2.24, 2.45) is 0 Å². The summed E-state index contributed by atoms with van der Waals surface area (Å²) in [5.41, 5.74) is 0.552. The number of nitrogens with one attached hydrogen (secondary N) is 2. The topological polar surface area (TPSA) is 67.4 Å². The maximum absolute atomic E-state index is 11.7. The fourth-order valence-corrected chi connectivity index (χ4v) is 1.48. The van der Waals surface area contributed by atoms with E-state index in [4.69, 9.17) is 4.74 Å². The van der Waals surface area contributed by atoms with Crippen LogP contribution >= 0.6 is 0 Å². The third kappa shape index (κ3) is 2.13. The van der Waals surface area contributed by atoms with Crippen molar-refractivity contribution in [2.45, 2.75) is 19.2 Å². The summed E-state index contributed by atoms with van der Waals surface area (Å²) in [4.78, 5) is 22.6. The summed E-state index contributed by atoms with van der Waals surface area (Å²) in [6, 6.07) is 8.80. The Kier molecular flexibility index (Phi) is 2.76. The Balaban J connectivity index is 2.01. The molecule has 1 heterocycles. The molecule has 0 radical (unpaired) electrons. The number of carbonyl (C=O) groups is 2. The molecule has 1 fully saturated rings. The quantitative estimate of drug-likeness (QED) is 0.777. The lowest BCUT2D eigenvalue weighted by Gasteiger charge is -2.14. The van der Waals surface area contributed by atoms with E-state index in [-0.39, 0.29) is 12.0 Å². The highest BCUT2D eigenvalue weighted by Gasteiger charge is 2.31. The van der Waals surface area contributed by atoms with E-state index in [9.17, 15) is 9.59 Å². The predicted molar refractivity (Wildman–Crippen MR) is 56.8 cm³/mol. The molecule has 2 rings (SSSR count). The number of rotatable bonds is 2. The number of benzene rings is 1. The van der Waals surface area contributed by atoms with Crippen LogP contribution in [0.25, 0.3) is 0 Å². The number of hydrogen-bond donors (Lipinski definition) is 2. The fraction of sp³-hybridized carbons (Fsp3) is 0.273. The zero-order chi connectivity index (χ0) is 11.5. The van der Waals surface area contributed by atoms with Crippen molar-refractivity contribution in [2.75, 3.05) is 0 Å². The van der Waals surface area contributed by atoms with E-state index in [0.717, 1.165) is 0 Å². The van der Waals surface area contributed by atoms with Gasteiger partial charge >= 0.3 is 6.09 Å². The molecule has 16 heavy (non-hydrogen) atoms. The second kappa shape index (κ2) is 4.22. The summed E-state index contributed by atoms with van der Waals surface area (Å²) < 4.78 is 4.85. The zero-order valence-electron chi connectivity index (χ0n) is 8.77. The SMILES string of the molecule is CC1OC(=O)NC1NC(=O)c1ccccc1. The fourth-order valence-electron chi connectivity index (χ4n) is 1.48. The molecule has 0 aliphatic carbocycles. The number of alkyl carbamates (subject to hydrolysis) is 1. The standard InChI is InChI=1S/C11H12N2O3/c1-7-9(13-11(15)16-7)12-10(14)8-5-3-2-4-6-8/h2-7,9H,1H3,(H,12,14)(H,13,15). The molecular weight excluding hydrogens is 208 g/mol. The Hall–Kier alpha value is -2.04. The lowest BCUT2D eigenvalue weighted by molar-refractivity contribution is 0.0896. The Morgan fingerprint density at radius 3 is 2.62 bits per heavy atom. The van der Waals surface area contributed by atoms with Gasteiger partial charge in [-0.15, -0.1) is 0 Å². The largest absolute Gasteiger partial charge is 0.442 e. The number of carbonyl (C=O) groups excluding carboxylic acids is 2. The molecule has 0 saturated carbocycles. The highest BCUT2D eigenvalue weighted by molar-refractivity contribution is 5.94. The van der Waals surface area contributed by atoms with E-state index >= 15 is 0 Å². The normalized spacial score (nSPS) is 23.4. The van der Waals surface area contributed by atoms with Gasteiger partial charge in [0, 0.05) is 5.56 Å². The number of hydrogen-bond acceptors (Lipinski definition) is 3. The van der Waals surface area contributed by atoms with Gasteiger partial charge < -0.3 is 10.1 Å². The van der Waals surface area contributed by atoms with Crippen molar-refractivity contribution >= 4 is 12.0 Å². The Morgan fingerprint density at radius 1 is 1.38 bits per heavy atom. The van der Waals surface area contributed by atoms with Gasteiger partial charge in [-0.1, -0.05) is 18.2 Å². The molecule has 1 aromatic rings. The number of cyclic esters (lactones) is 1. The van der Waals surface area contributed by atoms with Crippen LogP contribution in [0.3, 0.4) is 0 Å². The molecule has 2 atom stereocenters. The van der Waals surface area contributed by atoms with Crippen LogP contribution in [-0.2, 0) is 4.74 Å². The van der Waals surface area contributed by atoms with E-state index < -0.39 is 12.3 Å². The first kappa shape index (κ1) is 10.5. The van der Waals surface area contributed by atoms with Crippen molar-refractivity contribution in [3.8, 4) is 0 Å². The Labute approximate surface area is 92.8 Å². The first-order chi connectivity index (χ1) is 7.66. The van der Waals surface area contributed by atoms with Crippen LogP contribution in [0.4, 0.5) is 4.79 Å². The van der Waals surface area contributed by atoms with Gasteiger partial charge in [-0.2, -0.15) is 0 Å². The third-order valence-corrected chi connectivity index (χ3v) is 2.36. The molecule has 2 N–H and O–H groups in total. The second-order valence-electron chi connectivity index (χ2n) is 3.57. The Bertz CT molecular complexity index is 405. The molecule has 1 saturated heterocycles. The molecule has 1 aromatic carbocycles. The summed E-state index contributed by atoms with van der Waals surface area (Å²) >= 11 is 0. The van der Waals surface area contributed by atoms with Crippen LogP contribution in [-0.4, -0.2) is 24.3 Å². The zero-order valence-corrected chi connectivity index (χ0v) is 8.77. The molecule has 5 nitrogen and oxygen atoms in total. The minimum absolute atomic E-state index is 0.233. The minimum atomic E-state index is -0.508. The lowest BCUT2D eigenvalue weighted by Crippen LogP contribution is -2.46. The van der Waals surface area contributed by atoms with Crippen LogP contribution < -0.4 is 10.6 Å². The molecule has 0 spiro atoms. The van der Waals surface area contributed by atoms with Gasteiger partial charge in [0.05, 0.1) is 0 Å². The molecule has 1 aliphatic heterocycles. The monoisotopic (exact) mass is 220 g/mol. The smallest absolute Gasteiger partial charge is 0.409 e. The van der Waals surface area contributed by atoms with E-state index in [1.807, 2.05) is 6.07 Å². The first-order valence-electron chi connectivity index (χ1n) is 5.00. The summed E-state index contributed by atoms with van der Waals surface area (Å²) in [5.74, 6) is -0.233. The summed E-state index contributed by atoms with van der Waals surface area (Å²) in [7, 11) is 0. The van der Waals surface area contributed by atoms with Crippen LogP contribution in [0.15, 0.2) is 30.3 Å². The van der Waals surface area contributed by atoms with Crippen LogP contribution in [0.2, 0.25) is 0 Å². The third-order valence-electron chi connectivity index (χ3n) is 2.36. The van der Waals surface area contributed by atoms with Gasteiger partial charge in [0.25, 0.3) is 5.91 Å². The van der Waals surface area contributed by atoms with Gasteiger partial charge in [0.15, 0.2) is 0 Å². The molecular formula is C11H12N2O3. The molecule has 1 aliphatic rings. The van der Waals surface area contributed by atoms with Crippen LogP contribution in [0.1, 0.15) is 17.3 Å². The van der Waals surface area contributed by atoms with Crippen molar-refractivity contribution in [1.82, 2.24) is 10.6 Å². The highest BCUT2D eigenvalue weighted by Crippen LogP contribution is 2.06. The van der Waals surface area contributed by atoms with Gasteiger partial charge in [-0.3, -0.25) is 10.1 Å². The summed E-state index contributed by atoms with van der Waals surface area (Å²) in [6.07, 6.45) is -1.34. The van der Waals surface area contributed by atoms with E-state index in [0.29, 0.717) is 5.56 Å². The lowest BCUT2D eigenvalue weighted by atomic mass is 10.2. The maximum Gasteiger partial charge on any atom is 0.409 e.